The summed E-state index contributed by atoms with van der Waals surface area (Å²) >= 11 is 0. The van der Waals surface area contributed by atoms with Gasteiger partial charge in [0, 0.05) is 11.3 Å². The normalized spacial score (nSPS) is 10.5. The summed E-state index contributed by atoms with van der Waals surface area (Å²) in [5.74, 6) is -0.845. The zero-order valence-corrected chi connectivity index (χ0v) is 12.9. The standard InChI is InChI=1S/C18H19NO3/c1-11(2)13-7-9-14(10-8-13)17(20)19-16-6-4-5-15(12(16)3)18(21)22/h4-11H,1-3H3,(H,19,20)(H,21,22). The molecular formula is C18H19NO3. The minimum Gasteiger partial charge on any atom is -0.478 e. The largest absolute Gasteiger partial charge is 0.478 e. The topological polar surface area (TPSA) is 66.4 Å². The molecule has 2 aromatic carbocycles. The van der Waals surface area contributed by atoms with E-state index in [0.717, 1.165) is 0 Å². The molecule has 0 fully saturated rings. The van der Waals surface area contributed by atoms with E-state index in [1.165, 1.54) is 11.6 Å². The highest BCUT2D eigenvalue weighted by Gasteiger charge is 2.13. The average Bonchev–Trinajstić information content (AvgIpc) is 2.49. The second kappa shape index (κ2) is 6.43. The van der Waals surface area contributed by atoms with Crippen molar-refractivity contribution < 1.29 is 14.7 Å². The van der Waals surface area contributed by atoms with Crippen molar-refractivity contribution in [3.8, 4) is 0 Å². The van der Waals surface area contributed by atoms with Crippen molar-refractivity contribution in [3.05, 3.63) is 64.7 Å². The highest BCUT2D eigenvalue weighted by Crippen LogP contribution is 2.20. The van der Waals surface area contributed by atoms with Gasteiger partial charge in [-0.05, 0) is 48.2 Å². The number of nitrogens with one attached hydrogen (secondary N) is 1. The van der Waals surface area contributed by atoms with E-state index < -0.39 is 5.97 Å². The Labute approximate surface area is 129 Å². The van der Waals surface area contributed by atoms with Gasteiger partial charge in [0.25, 0.3) is 5.91 Å². The molecule has 1 amide bonds. The van der Waals surface area contributed by atoms with Crippen molar-refractivity contribution in [1.29, 1.82) is 0 Å². The SMILES string of the molecule is Cc1c(NC(=O)c2ccc(C(C)C)cc2)cccc1C(=O)O. The summed E-state index contributed by atoms with van der Waals surface area (Å²) < 4.78 is 0. The van der Waals surface area contributed by atoms with Crippen LogP contribution in [-0.4, -0.2) is 17.0 Å². The number of carboxylic acid groups (broad SMARTS) is 1. The van der Waals surface area contributed by atoms with Gasteiger partial charge in [0.05, 0.1) is 5.56 Å². The lowest BCUT2D eigenvalue weighted by atomic mass is 10.0. The molecule has 2 N–H and O–H groups in total. The first-order chi connectivity index (χ1) is 10.4. The number of benzene rings is 2. The van der Waals surface area contributed by atoms with Crippen LogP contribution in [0.25, 0.3) is 0 Å². The van der Waals surface area contributed by atoms with Crippen molar-refractivity contribution in [3.63, 3.8) is 0 Å². The Hall–Kier alpha value is -2.62. The molecule has 4 heteroatoms. The summed E-state index contributed by atoms with van der Waals surface area (Å²) in [6.45, 7) is 5.87. The van der Waals surface area contributed by atoms with Crippen LogP contribution in [0, 0.1) is 6.92 Å². The maximum absolute atomic E-state index is 12.3. The number of carboxylic acids is 1. The zero-order valence-electron chi connectivity index (χ0n) is 12.9. The van der Waals surface area contributed by atoms with E-state index in [2.05, 4.69) is 19.2 Å². The Morgan fingerprint density at radius 1 is 1.05 bits per heavy atom. The smallest absolute Gasteiger partial charge is 0.336 e. The minimum atomic E-state index is -1.00. The lowest BCUT2D eigenvalue weighted by Crippen LogP contribution is -2.14. The maximum Gasteiger partial charge on any atom is 0.336 e. The third-order valence-electron chi connectivity index (χ3n) is 3.65. The highest BCUT2D eigenvalue weighted by atomic mass is 16.4. The average molecular weight is 297 g/mol. The summed E-state index contributed by atoms with van der Waals surface area (Å²) in [5.41, 5.74) is 2.96. The first-order valence-corrected chi connectivity index (χ1v) is 7.14. The molecule has 0 radical (unpaired) electrons. The molecule has 0 heterocycles. The quantitative estimate of drug-likeness (QED) is 0.894. The fourth-order valence-electron chi connectivity index (χ4n) is 2.22. The molecule has 0 aliphatic carbocycles. The molecule has 0 aliphatic heterocycles. The first-order valence-electron chi connectivity index (χ1n) is 7.14. The number of hydrogen-bond donors (Lipinski definition) is 2. The molecule has 0 atom stereocenters. The second-order valence-corrected chi connectivity index (χ2v) is 5.51. The molecule has 2 rings (SSSR count). The van der Waals surface area contributed by atoms with Crippen molar-refractivity contribution in [2.45, 2.75) is 26.7 Å². The van der Waals surface area contributed by atoms with Gasteiger partial charge in [0.15, 0.2) is 0 Å². The molecule has 0 saturated heterocycles. The molecule has 0 bridgehead atoms. The fourth-order valence-corrected chi connectivity index (χ4v) is 2.22. The van der Waals surface area contributed by atoms with E-state index in [9.17, 15) is 9.59 Å². The summed E-state index contributed by atoms with van der Waals surface area (Å²) in [7, 11) is 0. The fraction of sp³-hybridized carbons (Fsp3) is 0.222. The maximum atomic E-state index is 12.3. The van der Waals surface area contributed by atoms with Crippen molar-refractivity contribution in [2.24, 2.45) is 0 Å². The second-order valence-electron chi connectivity index (χ2n) is 5.51. The van der Waals surface area contributed by atoms with Gasteiger partial charge in [-0.1, -0.05) is 32.0 Å². The molecule has 114 valence electrons. The molecule has 0 aliphatic rings. The van der Waals surface area contributed by atoms with Gasteiger partial charge in [-0.3, -0.25) is 4.79 Å². The number of aromatic carboxylic acids is 1. The van der Waals surface area contributed by atoms with Crippen LogP contribution in [0.5, 0.6) is 0 Å². The number of carbonyl (C=O) groups excluding carboxylic acids is 1. The number of anilines is 1. The Balaban J connectivity index is 2.22. The highest BCUT2D eigenvalue weighted by molar-refractivity contribution is 6.05. The van der Waals surface area contributed by atoms with E-state index in [0.29, 0.717) is 22.7 Å². The third kappa shape index (κ3) is 3.34. The lowest BCUT2D eigenvalue weighted by molar-refractivity contribution is 0.0695. The van der Waals surface area contributed by atoms with Crippen LogP contribution < -0.4 is 5.32 Å². The van der Waals surface area contributed by atoms with Gasteiger partial charge in [-0.2, -0.15) is 0 Å². The number of amides is 1. The van der Waals surface area contributed by atoms with Crippen LogP contribution in [0.15, 0.2) is 42.5 Å². The molecular weight excluding hydrogens is 278 g/mol. The Morgan fingerprint density at radius 2 is 1.68 bits per heavy atom. The summed E-state index contributed by atoms with van der Waals surface area (Å²) in [6.07, 6.45) is 0. The van der Waals surface area contributed by atoms with Crippen LogP contribution in [-0.2, 0) is 0 Å². The molecule has 0 unspecified atom stereocenters. The minimum absolute atomic E-state index is 0.188. The lowest BCUT2D eigenvalue weighted by Gasteiger charge is -2.11. The molecule has 0 saturated carbocycles. The summed E-state index contributed by atoms with van der Waals surface area (Å²) in [5, 5.41) is 11.9. The van der Waals surface area contributed by atoms with E-state index in [4.69, 9.17) is 5.11 Å². The predicted octanol–water partition coefficient (Wildman–Crippen LogP) is 4.07. The van der Waals surface area contributed by atoms with Crippen LogP contribution in [0.4, 0.5) is 5.69 Å². The van der Waals surface area contributed by atoms with Gasteiger partial charge < -0.3 is 10.4 Å². The third-order valence-corrected chi connectivity index (χ3v) is 3.65. The van der Waals surface area contributed by atoms with E-state index in [1.807, 2.05) is 12.1 Å². The number of rotatable bonds is 4. The van der Waals surface area contributed by atoms with Gasteiger partial charge in [0.2, 0.25) is 0 Å². The molecule has 0 aromatic heterocycles. The van der Waals surface area contributed by atoms with Crippen molar-refractivity contribution >= 4 is 17.6 Å². The van der Waals surface area contributed by atoms with E-state index in [1.54, 1.807) is 31.2 Å². The van der Waals surface area contributed by atoms with E-state index >= 15 is 0 Å². The first kappa shape index (κ1) is 15.8. The number of carbonyl (C=O) groups is 2. The van der Waals surface area contributed by atoms with Crippen LogP contribution in [0.2, 0.25) is 0 Å². The van der Waals surface area contributed by atoms with Crippen molar-refractivity contribution in [2.75, 3.05) is 5.32 Å². The number of hydrogen-bond acceptors (Lipinski definition) is 2. The Morgan fingerprint density at radius 3 is 2.23 bits per heavy atom. The molecule has 2 aromatic rings. The Bertz CT molecular complexity index is 703. The monoisotopic (exact) mass is 297 g/mol. The zero-order chi connectivity index (χ0) is 16.3. The Kier molecular flexibility index (Phi) is 4.61. The molecule has 4 nitrogen and oxygen atoms in total. The van der Waals surface area contributed by atoms with Crippen LogP contribution >= 0.6 is 0 Å². The van der Waals surface area contributed by atoms with Crippen LogP contribution in [0.1, 0.15) is 51.6 Å². The molecule has 22 heavy (non-hydrogen) atoms. The van der Waals surface area contributed by atoms with E-state index in [-0.39, 0.29) is 11.5 Å². The summed E-state index contributed by atoms with van der Waals surface area (Å²) in [4.78, 5) is 23.4. The van der Waals surface area contributed by atoms with Crippen LogP contribution in [0.3, 0.4) is 0 Å². The predicted molar refractivity (Wildman–Crippen MR) is 86.6 cm³/mol. The summed E-state index contributed by atoms with van der Waals surface area (Å²) in [6, 6.07) is 12.3. The molecule has 0 spiro atoms. The van der Waals surface area contributed by atoms with Gasteiger partial charge in [-0.15, -0.1) is 0 Å². The van der Waals surface area contributed by atoms with Gasteiger partial charge >= 0.3 is 5.97 Å². The van der Waals surface area contributed by atoms with Crippen molar-refractivity contribution in [1.82, 2.24) is 0 Å². The van der Waals surface area contributed by atoms with Gasteiger partial charge in [-0.25, -0.2) is 4.79 Å². The van der Waals surface area contributed by atoms with Gasteiger partial charge in [0.1, 0.15) is 0 Å².